The molecule has 2 aromatic rings. The standard InChI is InChI=1S/C19H24F3N5O3S/c1-19(2,31(29,30)14-11-26(3)25-16(14)17(21)22)12-6-8-27(9-7-12)18(28)24-13-4-5-15(20)23-10-13/h4-5,10-12,17H,6-9H2,1-3H3,(H,24,28). The van der Waals surface area contributed by atoms with Crippen molar-refractivity contribution in [2.45, 2.75) is 42.8 Å². The van der Waals surface area contributed by atoms with Crippen LogP contribution < -0.4 is 5.32 Å². The largest absolute Gasteiger partial charge is 0.325 e. The number of anilines is 1. The lowest BCUT2D eigenvalue weighted by Gasteiger charge is -2.40. The maximum Gasteiger partial charge on any atom is 0.321 e. The first-order chi connectivity index (χ1) is 14.4. The zero-order chi connectivity index (χ0) is 23.0. The second kappa shape index (κ2) is 8.48. The minimum absolute atomic E-state index is 0.290. The Morgan fingerprint density at radius 1 is 1.26 bits per heavy atom. The fourth-order valence-electron chi connectivity index (χ4n) is 3.78. The lowest BCUT2D eigenvalue weighted by molar-refractivity contribution is 0.141. The molecule has 0 saturated carbocycles. The molecule has 1 saturated heterocycles. The number of piperidine rings is 1. The predicted molar refractivity (Wildman–Crippen MR) is 107 cm³/mol. The van der Waals surface area contributed by atoms with Crippen molar-refractivity contribution in [3.8, 4) is 0 Å². The van der Waals surface area contributed by atoms with Crippen molar-refractivity contribution in [2.75, 3.05) is 18.4 Å². The van der Waals surface area contributed by atoms with Crippen LogP contribution in [0.5, 0.6) is 0 Å². The molecule has 170 valence electrons. The van der Waals surface area contributed by atoms with Crippen LogP contribution in [0.25, 0.3) is 0 Å². The van der Waals surface area contributed by atoms with Gasteiger partial charge in [-0.15, -0.1) is 0 Å². The van der Waals surface area contributed by atoms with E-state index in [9.17, 15) is 26.4 Å². The Hall–Kier alpha value is -2.63. The van der Waals surface area contributed by atoms with Crippen molar-refractivity contribution < 1.29 is 26.4 Å². The van der Waals surface area contributed by atoms with E-state index in [1.54, 1.807) is 0 Å². The van der Waals surface area contributed by atoms with Gasteiger partial charge in [0.2, 0.25) is 5.95 Å². The molecule has 8 nitrogen and oxygen atoms in total. The molecular formula is C19H24F3N5O3S. The number of hydrogen-bond donors (Lipinski definition) is 1. The third kappa shape index (κ3) is 4.53. The van der Waals surface area contributed by atoms with Gasteiger partial charge in [0, 0.05) is 26.3 Å². The van der Waals surface area contributed by atoms with E-state index >= 15 is 0 Å². The number of aromatic nitrogens is 3. The van der Waals surface area contributed by atoms with Crippen LogP contribution in [0.3, 0.4) is 0 Å². The quantitative estimate of drug-likeness (QED) is 0.692. The summed E-state index contributed by atoms with van der Waals surface area (Å²) in [5.74, 6) is -1.01. The van der Waals surface area contributed by atoms with Gasteiger partial charge in [-0.1, -0.05) is 0 Å². The summed E-state index contributed by atoms with van der Waals surface area (Å²) in [5, 5.41) is 6.23. The summed E-state index contributed by atoms with van der Waals surface area (Å²) in [4.78, 5) is 17.0. The molecule has 0 atom stereocenters. The first-order valence-corrected chi connectivity index (χ1v) is 11.2. The summed E-state index contributed by atoms with van der Waals surface area (Å²) < 4.78 is 65.8. The Labute approximate surface area is 178 Å². The number of amides is 2. The number of pyridine rings is 1. The molecule has 1 N–H and O–H groups in total. The van der Waals surface area contributed by atoms with Gasteiger partial charge in [-0.3, -0.25) is 4.68 Å². The van der Waals surface area contributed by atoms with Gasteiger partial charge in [0.15, 0.2) is 9.84 Å². The van der Waals surface area contributed by atoms with Crippen LogP contribution in [0, 0.1) is 11.9 Å². The van der Waals surface area contributed by atoms with Gasteiger partial charge in [0.25, 0.3) is 6.43 Å². The first-order valence-electron chi connectivity index (χ1n) is 9.67. The van der Waals surface area contributed by atoms with Gasteiger partial charge in [-0.25, -0.2) is 27.0 Å². The number of hydrogen-bond acceptors (Lipinski definition) is 5. The minimum atomic E-state index is -4.11. The fraction of sp³-hybridized carbons (Fsp3) is 0.526. The van der Waals surface area contributed by atoms with E-state index in [0.29, 0.717) is 31.6 Å². The molecule has 2 amide bonds. The molecule has 0 aromatic carbocycles. The molecule has 0 aliphatic carbocycles. The second-order valence-electron chi connectivity index (χ2n) is 8.02. The van der Waals surface area contributed by atoms with Crippen LogP contribution in [0.15, 0.2) is 29.4 Å². The summed E-state index contributed by atoms with van der Waals surface area (Å²) in [6.45, 7) is 3.63. The van der Waals surface area contributed by atoms with Gasteiger partial charge < -0.3 is 10.2 Å². The average molecular weight is 459 g/mol. The summed E-state index contributed by atoms with van der Waals surface area (Å²) in [5.41, 5.74) is -0.409. The van der Waals surface area contributed by atoms with E-state index in [-0.39, 0.29) is 5.92 Å². The number of urea groups is 1. The van der Waals surface area contributed by atoms with Crippen molar-refractivity contribution >= 4 is 21.6 Å². The smallest absolute Gasteiger partial charge is 0.321 e. The Morgan fingerprint density at radius 2 is 1.90 bits per heavy atom. The number of nitrogens with zero attached hydrogens (tertiary/aromatic N) is 4. The molecule has 12 heteroatoms. The monoisotopic (exact) mass is 459 g/mol. The molecule has 1 aliphatic heterocycles. The van der Waals surface area contributed by atoms with Crippen LogP contribution in [0.4, 0.5) is 23.7 Å². The van der Waals surface area contributed by atoms with Crippen molar-refractivity contribution in [1.82, 2.24) is 19.7 Å². The summed E-state index contributed by atoms with van der Waals surface area (Å²) >= 11 is 0. The number of sulfone groups is 1. The summed E-state index contributed by atoms with van der Waals surface area (Å²) in [6.07, 6.45) is 0.0624. The minimum Gasteiger partial charge on any atom is -0.325 e. The summed E-state index contributed by atoms with van der Waals surface area (Å²) in [7, 11) is -2.72. The lowest BCUT2D eigenvalue weighted by atomic mass is 9.86. The molecule has 1 fully saturated rings. The SMILES string of the molecule is Cn1cc(S(=O)(=O)C(C)(C)C2CCN(C(=O)Nc3ccc(F)nc3)CC2)c(C(F)F)n1. The van der Waals surface area contributed by atoms with Crippen molar-refractivity contribution in [2.24, 2.45) is 13.0 Å². The van der Waals surface area contributed by atoms with Crippen molar-refractivity contribution in [1.29, 1.82) is 0 Å². The van der Waals surface area contributed by atoms with Crippen LogP contribution in [0.2, 0.25) is 0 Å². The molecular weight excluding hydrogens is 435 g/mol. The second-order valence-corrected chi connectivity index (χ2v) is 10.5. The maximum atomic E-state index is 13.3. The first kappa shape index (κ1) is 23.0. The number of carbonyl (C=O) groups is 1. The number of rotatable bonds is 5. The van der Waals surface area contributed by atoms with Gasteiger partial charge in [-0.05, 0) is 44.7 Å². The highest BCUT2D eigenvalue weighted by Gasteiger charge is 2.46. The molecule has 0 spiro atoms. The van der Waals surface area contributed by atoms with Crippen molar-refractivity contribution in [3.63, 3.8) is 0 Å². The molecule has 0 bridgehead atoms. The van der Waals surface area contributed by atoms with Crippen LogP contribution in [-0.2, 0) is 16.9 Å². The zero-order valence-corrected chi connectivity index (χ0v) is 18.2. The molecule has 3 heterocycles. The fourth-order valence-corrected chi connectivity index (χ4v) is 5.71. The number of nitrogens with one attached hydrogen (secondary N) is 1. The van der Waals surface area contributed by atoms with Gasteiger partial charge in [0.1, 0.15) is 10.6 Å². The number of carbonyl (C=O) groups excluding carboxylic acids is 1. The van der Waals surface area contributed by atoms with E-state index in [4.69, 9.17) is 0 Å². The van der Waals surface area contributed by atoms with Crippen molar-refractivity contribution in [3.05, 3.63) is 36.2 Å². The Bertz CT molecular complexity index is 1050. The van der Waals surface area contributed by atoms with E-state index in [1.807, 2.05) is 0 Å². The molecule has 0 unspecified atom stereocenters. The number of likely N-dealkylation sites (tertiary alicyclic amines) is 1. The highest BCUT2D eigenvalue weighted by atomic mass is 32.2. The van der Waals surface area contributed by atoms with Crippen LogP contribution >= 0.6 is 0 Å². The van der Waals surface area contributed by atoms with E-state index < -0.39 is 43.6 Å². The molecule has 0 radical (unpaired) electrons. The maximum absolute atomic E-state index is 13.3. The molecule has 3 rings (SSSR count). The van der Waals surface area contributed by atoms with E-state index in [1.165, 1.54) is 38.1 Å². The highest BCUT2D eigenvalue weighted by molar-refractivity contribution is 7.92. The third-order valence-electron chi connectivity index (χ3n) is 5.75. The Balaban J connectivity index is 1.70. The zero-order valence-electron chi connectivity index (χ0n) is 17.3. The summed E-state index contributed by atoms with van der Waals surface area (Å²) in [6, 6.07) is 2.11. The highest BCUT2D eigenvalue weighted by Crippen LogP contribution is 2.40. The van der Waals surface area contributed by atoms with E-state index in [2.05, 4.69) is 15.4 Å². The topological polar surface area (TPSA) is 97.2 Å². The van der Waals surface area contributed by atoms with Gasteiger partial charge >= 0.3 is 6.03 Å². The van der Waals surface area contributed by atoms with E-state index in [0.717, 1.165) is 16.9 Å². The molecule has 31 heavy (non-hydrogen) atoms. The normalized spacial score (nSPS) is 16.0. The predicted octanol–water partition coefficient (Wildman–Crippen LogP) is 3.39. The third-order valence-corrected chi connectivity index (χ3v) is 8.37. The van der Waals surface area contributed by atoms with Crippen LogP contribution in [0.1, 0.15) is 38.8 Å². The average Bonchev–Trinajstić information content (AvgIpc) is 3.12. The molecule has 2 aromatic heterocycles. The number of aryl methyl sites for hydroxylation is 1. The van der Waals surface area contributed by atoms with Gasteiger partial charge in [-0.2, -0.15) is 9.49 Å². The number of alkyl halides is 2. The van der Waals surface area contributed by atoms with Crippen LogP contribution in [-0.4, -0.2) is 51.9 Å². The Morgan fingerprint density at radius 3 is 2.45 bits per heavy atom. The Kier molecular flexibility index (Phi) is 6.30. The molecule has 1 aliphatic rings. The number of halogens is 3. The van der Waals surface area contributed by atoms with Gasteiger partial charge in [0.05, 0.1) is 16.6 Å². The lowest BCUT2D eigenvalue weighted by Crippen LogP contribution is -2.48.